The summed E-state index contributed by atoms with van der Waals surface area (Å²) in [5.41, 5.74) is 2.26. The Labute approximate surface area is 241 Å². The van der Waals surface area contributed by atoms with Gasteiger partial charge in [-0.2, -0.15) is 13.2 Å². The number of hydrogen-bond donors (Lipinski definition) is 1. The molecule has 42 heavy (non-hydrogen) atoms. The molecule has 4 aromatic rings. The predicted molar refractivity (Wildman–Crippen MR) is 154 cm³/mol. The van der Waals surface area contributed by atoms with Gasteiger partial charge < -0.3 is 15.1 Å². The number of rotatable bonds is 6. The molecule has 5 nitrogen and oxygen atoms in total. The summed E-state index contributed by atoms with van der Waals surface area (Å²) in [6, 6.07) is 26.8. The Balaban J connectivity index is 1.24. The summed E-state index contributed by atoms with van der Waals surface area (Å²) in [7, 11) is 1.44. The molecule has 0 unspecified atom stereocenters. The molecule has 0 aliphatic carbocycles. The monoisotopic (exact) mass is 575 g/mol. The van der Waals surface area contributed by atoms with Crippen LogP contribution in [0.25, 0.3) is 11.1 Å². The van der Waals surface area contributed by atoms with E-state index >= 15 is 0 Å². The highest BCUT2D eigenvalue weighted by Gasteiger charge is 2.38. The highest BCUT2D eigenvalue weighted by Crippen LogP contribution is 2.34. The summed E-state index contributed by atoms with van der Waals surface area (Å²) < 4.78 is 53.9. The number of benzene rings is 4. The van der Waals surface area contributed by atoms with E-state index in [2.05, 4.69) is 5.32 Å². The molecule has 9 heteroatoms. The van der Waals surface area contributed by atoms with E-state index < -0.39 is 29.0 Å². The number of carbonyl (C=O) groups is 2. The lowest BCUT2D eigenvalue weighted by atomic mass is 9.99. The second-order valence-corrected chi connectivity index (χ2v) is 10.2. The maximum absolute atomic E-state index is 13.5. The Hall–Kier alpha value is -4.66. The summed E-state index contributed by atoms with van der Waals surface area (Å²) in [4.78, 5) is 29.5. The maximum atomic E-state index is 13.5. The highest BCUT2D eigenvalue weighted by molar-refractivity contribution is 6.00. The first-order valence-electron chi connectivity index (χ1n) is 13.6. The molecule has 0 atom stereocenters. The second-order valence-electron chi connectivity index (χ2n) is 10.2. The quantitative estimate of drug-likeness (QED) is 0.241. The Morgan fingerprint density at radius 1 is 0.810 bits per heavy atom. The van der Waals surface area contributed by atoms with Gasteiger partial charge in [0.05, 0.1) is 22.4 Å². The number of nitrogens with one attached hydrogen (secondary N) is 1. The number of piperidine rings is 1. The number of amides is 2. The van der Waals surface area contributed by atoms with Crippen LogP contribution >= 0.6 is 0 Å². The van der Waals surface area contributed by atoms with Crippen molar-refractivity contribution in [2.24, 2.45) is 0 Å². The van der Waals surface area contributed by atoms with Crippen molar-refractivity contribution in [2.75, 3.05) is 25.5 Å². The van der Waals surface area contributed by atoms with Crippen molar-refractivity contribution in [3.05, 3.63) is 120 Å². The van der Waals surface area contributed by atoms with Crippen LogP contribution in [0.5, 0.6) is 0 Å². The van der Waals surface area contributed by atoms with Crippen molar-refractivity contribution in [1.82, 2.24) is 9.80 Å². The Kier molecular flexibility index (Phi) is 8.29. The number of hydrogen-bond acceptors (Lipinski definition) is 3. The lowest BCUT2D eigenvalue weighted by molar-refractivity contribution is -0.138. The molecule has 1 heterocycles. The number of carbonyl (C=O) groups excluding carboxylic acids is 2. The van der Waals surface area contributed by atoms with Gasteiger partial charge in [0.2, 0.25) is 0 Å². The molecule has 2 amide bonds. The maximum Gasteiger partial charge on any atom is 0.417 e. The van der Waals surface area contributed by atoms with Crippen LogP contribution in [0.3, 0.4) is 0 Å². The zero-order chi connectivity index (χ0) is 29.9. The largest absolute Gasteiger partial charge is 0.417 e. The fraction of sp³-hybridized carbons (Fsp3) is 0.212. The fourth-order valence-corrected chi connectivity index (χ4v) is 5.23. The number of nitrogens with zero attached hydrogens (tertiary/aromatic N) is 2. The summed E-state index contributed by atoms with van der Waals surface area (Å²) in [6.45, 7) is 0.660. The van der Waals surface area contributed by atoms with Gasteiger partial charge in [0.15, 0.2) is 0 Å². The van der Waals surface area contributed by atoms with E-state index in [-0.39, 0.29) is 11.9 Å². The van der Waals surface area contributed by atoms with Crippen molar-refractivity contribution < 1.29 is 27.2 Å². The summed E-state index contributed by atoms with van der Waals surface area (Å²) in [5.74, 6) is -2.07. The zero-order valence-corrected chi connectivity index (χ0v) is 22.9. The number of likely N-dealkylation sites (tertiary alicyclic amines) is 1. The van der Waals surface area contributed by atoms with E-state index in [0.29, 0.717) is 43.2 Å². The fourth-order valence-electron chi connectivity index (χ4n) is 5.23. The van der Waals surface area contributed by atoms with Crippen LogP contribution in [0.2, 0.25) is 0 Å². The minimum atomic E-state index is -4.87. The normalized spacial score (nSPS) is 14.0. The van der Waals surface area contributed by atoms with Gasteiger partial charge in [-0.15, -0.1) is 0 Å². The van der Waals surface area contributed by atoms with Gasteiger partial charge in [0, 0.05) is 31.9 Å². The zero-order valence-electron chi connectivity index (χ0n) is 22.9. The third-order valence-corrected chi connectivity index (χ3v) is 7.57. The van der Waals surface area contributed by atoms with Crippen LogP contribution in [0.15, 0.2) is 97.1 Å². The molecule has 1 N–H and O–H groups in total. The molecular weight excluding hydrogens is 546 g/mol. The van der Waals surface area contributed by atoms with Gasteiger partial charge in [-0.3, -0.25) is 9.59 Å². The van der Waals surface area contributed by atoms with E-state index in [1.54, 1.807) is 17.0 Å². The van der Waals surface area contributed by atoms with Gasteiger partial charge in [-0.05, 0) is 66.4 Å². The first-order chi connectivity index (χ1) is 20.1. The highest BCUT2D eigenvalue weighted by atomic mass is 19.4. The summed E-state index contributed by atoms with van der Waals surface area (Å²) in [5, 5.41) is 3.33. The van der Waals surface area contributed by atoms with E-state index in [1.807, 2.05) is 66.7 Å². The Bertz CT molecular complexity index is 1560. The molecular formula is C33H29F4N3O2. The third-order valence-electron chi connectivity index (χ3n) is 7.57. The standard InChI is InChI=1S/C33H29F4N3O2/c1-39(31(41)27-16-13-24(34)21-29(27)33(35,36)37)26-17-19-40(20-18-26)32(42)28-9-5-6-10-30(28)38-25-14-11-23(12-15-25)22-7-3-2-4-8-22/h2-16,21,26,38H,17-20H2,1H3. The van der Waals surface area contributed by atoms with Crippen LogP contribution in [0.4, 0.5) is 28.9 Å². The average Bonchev–Trinajstić information content (AvgIpc) is 3.01. The topological polar surface area (TPSA) is 52.7 Å². The summed E-state index contributed by atoms with van der Waals surface area (Å²) in [6.07, 6.45) is -4.07. The van der Waals surface area contributed by atoms with Gasteiger partial charge >= 0.3 is 6.18 Å². The molecule has 0 aromatic heterocycles. The first kappa shape index (κ1) is 28.9. The molecule has 0 radical (unpaired) electrons. The molecule has 0 saturated carbocycles. The minimum Gasteiger partial charge on any atom is -0.355 e. The Morgan fingerprint density at radius 2 is 1.43 bits per heavy atom. The average molecular weight is 576 g/mol. The summed E-state index contributed by atoms with van der Waals surface area (Å²) >= 11 is 0. The number of alkyl halides is 3. The van der Waals surface area contributed by atoms with Crippen LogP contribution in [0, 0.1) is 5.82 Å². The predicted octanol–water partition coefficient (Wildman–Crippen LogP) is 7.63. The minimum absolute atomic E-state index is 0.177. The molecule has 0 bridgehead atoms. The van der Waals surface area contributed by atoms with Crippen LogP contribution in [0.1, 0.15) is 39.1 Å². The molecule has 5 rings (SSSR count). The van der Waals surface area contributed by atoms with Gasteiger partial charge in [0.25, 0.3) is 11.8 Å². The van der Waals surface area contributed by atoms with Crippen molar-refractivity contribution in [3.8, 4) is 11.1 Å². The van der Waals surface area contributed by atoms with Crippen LogP contribution in [-0.4, -0.2) is 47.8 Å². The lowest BCUT2D eigenvalue weighted by Gasteiger charge is -2.37. The van der Waals surface area contributed by atoms with Crippen molar-refractivity contribution >= 4 is 23.2 Å². The molecule has 4 aromatic carbocycles. The van der Waals surface area contributed by atoms with Crippen LogP contribution in [-0.2, 0) is 6.18 Å². The van der Waals surface area contributed by atoms with E-state index in [9.17, 15) is 27.2 Å². The van der Waals surface area contributed by atoms with Gasteiger partial charge in [0.1, 0.15) is 5.82 Å². The smallest absolute Gasteiger partial charge is 0.355 e. The Morgan fingerprint density at radius 3 is 2.10 bits per heavy atom. The number of halogens is 4. The molecule has 1 aliphatic heterocycles. The third kappa shape index (κ3) is 6.30. The molecule has 1 fully saturated rings. The van der Waals surface area contributed by atoms with Crippen molar-refractivity contribution in [2.45, 2.75) is 25.1 Å². The number of anilines is 2. The SMILES string of the molecule is CN(C(=O)c1ccc(F)cc1C(F)(F)F)C1CCN(C(=O)c2ccccc2Nc2ccc(-c3ccccc3)cc2)CC1. The van der Waals surface area contributed by atoms with E-state index in [1.165, 1.54) is 11.9 Å². The van der Waals surface area contributed by atoms with E-state index in [0.717, 1.165) is 28.9 Å². The van der Waals surface area contributed by atoms with Gasteiger partial charge in [-0.1, -0.05) is 54.6 Å². The number of para-hydroxylation sites is 1. The molecule has 0 spiro atoms. The molecule has 1 aliphatic rings. The van der Waals surface area contributed by atoms with Crippen molar-refractivity contribution in [3.63, 3.8) is 0 Å². The van der Waals surface area contributed by atoms with Gasteiger partial charge in [-0.25, -0.2) is 4.39 Å². The van der Waals surface area contributed by atoms with E-state index in [4.69, 9.17) is 0 Å². The van der Waals surface area contributed by atoms with Crippen LogP contribution < -0.4 is 5.32 Å². The molecule has 216 valence electrons. The van der Waals surface area contributed by atoms with Crippen molar-refractivity contribution in [1.29, 1.82) is 0 Å². The first-order valence-corrected chi connectivity index (χ1v) is 13.6. The second kappa shape index (κ2) is 12.1. The molecule has 1 saturated heterocycles. The lowest BCUT2D eigenvalue weighted by Crippen LogP contribution is -2.47.